The largest absolute Gasteiger partial charge is 0.459 e. The number of ether oxygens (including phenoxy) is 3. The summed E-state index contributed by atoms with van der Waals surface area (Å²) < 4.78 is 18.1. The van der Waals surface area contributed by atoms with Gasteiger partial charge in [-0.2, -0.15) is 0 Å². The van der Waals surface area contributed by atoms with Crippen LogP contribution in [0.5, 0.6) is 0 Å². The number of oxime groups is 1. The first-order valence-corrected chi connectivity index (χ1v) is 17.7. The van der Waals surface area contributed by atoms with Crippen molar-refractivity contribution in [2.45, 2.75) is 141 Å². The molecule has 14 heteroatoms. The van der Waals surface area contributed by atoms with Crippen LogP contribution in [-0.2, 0) is 30.2 Å². The number of hydrogen-bond donors (Lipinski definition) is 6. The SMILES string of the molecule is CC[C@H]1OC(=O)[C@H](C)[C@@H](O)[C@H](C)[C@@H](O[C@@H]2O[C@H](C)C[C@H](N(C)C(=O)Cc3cccs3)[C@H]2O)[C@](C)(O)C[C@@H](C)/C(=N\O)[C@H](C)[C@@H](O)[C@]1(C)O. The van der Waals surface area contributed by atoms with Crippen molar-refractivity contribution in [2.75, 3.05) is 7.05 Å². The number of amides is 1. The van der Waals surface area contributed by atoms with Crippen LogP contribution in [0.3, 0.4) is 0 Å². The maximum atomic E-state index is 13.4. The van der Waals surface area contributed by atoms with Crippen molar-refractivity contribution < 1.29 is 54.5 Å². The number of likely N-dealkylation sites (N-methyl/N-ethyl adjacent to an activating group) is 1. The summed E-state index contributed by atoms with van der Waals surface area (Å²) in [6, 6.07) is 3.04. The summed E-state index contributed by atoms with van der Waals surface area (Å²) in [4.78, 5) is 28.9. The molecule has 0 saturated carbocycles. The number of cyclic esters (lactones) is 1. The highest BCUT2D eigenvalue weighted by Crippen LogP contribution is 2.38. The van der Waals surface area contributed by atoms with E-state index < -0.39 is 89.8 Å². The molecule has 1 aromatic rings. The third-order valence-electron chi connectivity index (χ3n) is 10.4. The molecular weight excluding hydrogens is 644 g/mol. The lowest BCUT2D eigenvalue weighted by Crippen LogP contribution is -2.60. The Morgan fingerprint density at radius 3 is 2.31 bits per heavy atom. The normalized spacial score (nSPS) is 43.0. The van der Waals surface area contributed by atoms with Crippen LogP contribution < -0.4 is 0 Å². The predicted molar refractivity (Wildman–Crippen MR) is 178 cm³/mol. The van der Waals surface area contributed by atoms with E-state index in [-0.39, 0.29) is 30.9 Å². The van der Waals surface area contributed by atoms with Gasteiger partial charge >= 0.3 is 5.97 Å². The second-order valence-electron chi connectivity index (χ2n) is 14.3. The number of hydrogen-bond acceptors (Lipinski definition) is 13. The molecule has 0 bridgehead atoms. The van der Waals surface area contributed by atoms with Crippen molar-refractivity contribution in [3.8, 4) is 0 Å². The van der Waals surface area contributed by atoms with Crippen LogP contribution in [-0.4, -0.2) is 120 Å². The van der Waals surface area contributed by atoms with Gasteiger partial charge in [0.05, 0.1) is 54.1 Å². The minimum Gasteiger partial charge on any atom is -0.459 e. The average molecular weight is 701 g/mol. The van der Waals surface area contributed by atoms with Gasteiger partial charge in [0, 0.05) is 29.7 Å². The molecule has 1 amide bonds. The third kappa shape index (κ3) is 8.76. The van der Waals surface area contributed by atoms with Gasteiger partial charge in [0.15, 0.2) is 6.29 Å². The Morgan fingerprint density at radius 2 is 1.75 bits per heavy atom. The number of carbonyl (C=O) groups is 2. The van der Waals surface area contributed by atoms with Crippen molar-refractivity contribution in [2.24, 2.45) is 28.8 Å². The van der Waals surface area contributed by atoms with Crippen molar-refractivity contribution in [1.82, 2.24) is 4.90 Å². The van der Waals surface area contributed by atoms with Crippen LogP contribution in [0, 0.1) is 23.7 Å². The Hall–Kier alpha value is -2.17. The fourth-order valence-electron chi connectivity index (χ4n) is 7.35. The third-order valence-corrected chi connectivity index (χ3v) is 11.2. The molecule has 2 aliphatic rings. The monoisotopic (exact) mass is 700 g/mol. The smallest absolute Gasteiger partial charge is 0.311 e. The summed E-state index contributed by atoms with van der Waals surface area (Å²) in [6.07, 6.45) is -7.99. The fourth-order valence-corrected chi connectivity index (χ4v) is 8.05. The Morgan fingerprint density at radius 1 is 1.10 bits per heavy atom. The quantitative estimate of drug-likeness (QED) is 0.145. The zero-order chi connectivity index (χ0) is 36.3. The van der Waals surface area contributed by atoms with E-state index in [2.05, 4.69) is 5.16 Å². The molecule has 0 unspecified atom stereocenters. The second kappa shape index (κ2) is 16.2. The summed E-state index contributed by atoms with van der Waals surface area (Å²) in [5.41, 5.74) is -3.67. The van der Waals surface area contributed by atoms with Gasteiger partial charge in [0.2, 0.25) is 5.91 Å². The first-order valence-electron chi connectivity index (χ1n) is 16.8. The maximum Gasteiger partial charge on any atom is 0.311 e. The summed E-state index contributed by atoms with van der Waals surface area (Å²) in [7, 11) is 1.62. The summed E-state index contributed by atoms with van der Waals surface area (Å²) in [5.74, 6) is -4.76. The van der Waals surface area contributed by atoms with E-state index in [1.165, 1.54) is 37.0 Å². The maximum absolute atomic E-state index is 13.4. The zero-order valence-electron chi connectivity index (χ0n) is 29.5. The van der Waals surface area contributed by atoms with Crippen LogP contribution >= 0.6 is 11.3 Å². The van der Waals surface area contributed by atoms with Gasteiger partial charge in [-0.3, -0.25) is 9.59 Å². The Balaban J connectivity index is 2.00. The van der Waals surface area contributed by atoms with E-state index in [1.54, 1.807) is 41.7 Å². The lowest BCUT2D eigenvalue weighted by molar-refractivity contribution is -0.298. The molecule has 0 spiro atoms. The van der Waals surface area contributed by atoms with E-state index in [0.29, 0.717) is 6.42 Å². The van der Waals surface area contributed by atoms with Gasteiger partial charge in [0.25, 0.3) is 0 Å². The van der Waals surface area contributed by atoms with E-state index in [9.17, 15) is 40.3 Å². The van der Waals surface area contributed by atoms with Crippen LogP contribution in [0.1, 0.15) is 79.5 Å². The molecule has 13 nitrogen and oxygen atoms in total. The average Bonchev–Trinajstić information content (AvgIpc) is 3.54. The predicted octanol–water partition coefficient (Wildman–Crippen LogP) is 2.32. The van der Waals surface area contributed by atoms with Gasteiger partial charge in [-0.25, -0.2) is 0 Å². The number of nitrogens with zero attached hydrogens (tertiary/aromatic N) is 2. The fraction of sp³-hybridized carbons (Fsp3) is 0.794. The number of aliphatic hydroxyl groups excluding tert-OH is 3. The molecule has 48 heavy (non-hydrogen) atoms. The van der Waals surface area contributed by atoms with Crippen LogP contribution in [0.2, 0.25) is 0 Å². The summed E-state index contributed by atoms with van der Waals surface area (Å²) in [6.45, 7) is 12.6. The highest BCUT2D eigenvalue weighted by atomic mass is 32.1. The lowest BCUT2D eigenvalue weighted by Gasteiger charge is -2.47. The van der Waals surface area contributed by atoms with E-state index in [0.717, 1.165) is 4.88 Å². The Bertz CT molecular complexity index is 1240. The first-order chi connectivity index (χ1) is 22.3. The Labute approximate surface area is 287 Å². The summed E-state index contributed by atoms with van der Waals surface area (Å²) in [5, 5.41) is 73.2. The van der Waals surface area contributed by atoms with Crippen molar-refractivity contribution in [3.05, 3.63) is 22.4 Å². The van der Waals surface area contributed by atoms with Gasteiger partial charge in [-0.05, 0) is 58.4 Å². The number of aliphatic hydroxyl groups is 5. The highest BCUT2D eigenvalue weighted by Gasteiger charge is 2.51. The van der Waals surface area contributed by atoms with Crippen molar-refractivity contribution in [1.29, 1.82) is 0 Å². The molecular formula is C34H56N2O11S. The number of carbonyl (C=O) groups excluding carboxylic acids is 2. The molecule has 14 atom stereocenters. The summed E-state index contributed by atoms with van der Waals surface area (Å²) >= 11 is 1.46. The lowest BCUT2D eigenvalue weighted by atomic mass is 9.73. The van der Waals surface area contributed by atoms with Gasteiger partial charge in [-0.1, -0.05) is 38.9 Å². The first kappa shape index (κ1) is 40.3. The topological polar surface area (TPSA) is 199 Å². The molecule has 2 fully saturated rings. The van der Waals surface area contributed by atoms with Crippen LogP contribution in [0.4, 0.5) is 0 Å². The number of rotatable bonds is 6. The van der Waals surface area contributed by atoms with E-state index in [4.69, 9.17) is 14.2 Å². The molecule has 6 N–H and O–H groups in total. The van der Waals surface area contributed by atoms with Crippen molar-refractivity contribution in [3.63, 3.8) is 0 Å². The van der Waals surface area contributed by atoms with Gasteiger partial charge in [-0.15, -0.1) is 11.3 Å². The van der Waals surface area contributed by atoms with Crippen LogP contribution in [0.15, 0.2) is 22.7 Å². The van der Waals surface area contributed by atoms with E-state index in [1.807, 2.05) is 17.5 Å². The van der Waals surface area contributed by atoms with Crippen molar-refractivity contribution >= 4 is 28.9 Å². The van der Waals surface area contributed by atoms with Gasteiger partial charge in [0.1, 0.15) is 17.8 Å². The Kier molecular flexibility index (Phi) is 13.6. The minimum atomic E-state index is -1.95. The molecule has 0 aromatic carbocycles. The molecule has 0 aliphatic carbocycles. The number of esters is 1. The highest BCUT2D eigenvalue weighted by molar-refractivity contribution is 7.10. The molecule has 3 heterocycles. The molecule has 0 radical (unpaired) electrons. The van der Waals surface area contributed by atoms with E-state index >= 15 is 0 Å². The molecule has 3 rings (SSSR count). The second-order valence-corrected chi connectivity index (χ2v) is 15.4. The number of thiophene rings is 1. The molecule has 1 aromatic heterocycles. The molecule has 274 valence electrons. The molecule has 2 aliphatic heterocycles. The standard InChI is InChI=1S/C34H56N2O11S/c1-10-24-34(8,43)29(40)19(4)26(35-44)17(2)16-33(7,42)30(20(5)27(38)21(6)31(41)46-24)47-32-28(39)23(14-18(3)45-32)36(9)25(37)15-22-12-11-13-48-22/h11-13,17-21,23-24,27-30,32,38-40,42-44H,10,14-16H2,1-9H3/b35-26+/t17-,18-,19+,20+,21-,23+,24-,27+,28-,29-,30-,32+,33-,34-/m1/s1. The minimum absolute atomic E-state index is 0.0788. The van der Waals surface area contributed by atoms with Gasteiger partial charge < -0.3 is 49.9 Å². The van der Waals surface area contributed by atoms with Crippen LogP contribution in [0.25, 0.3) is 0 Å². The molecule has 2 saturated heterocycles. The zero-order valence-corrected chi connectivity index (χ0v) is 30.3.